The lowest BCUT2D eigenvalue weighted by atomic mass is 9.74. The molecule has 19 heavy (non-hydrogen) atoms. The smallest absolute Gasteiger partial charge is 0.0571 e. The molecule has 2 rings (SSSR count). The fraction of sp³-hybridized carbons (Fsp3) is 0.667. The molecule has 1 aliphatic carbocycles. The first-order chi connectivity index (χ1) is 9.16. The minimum atomic E-state index is -0.103. The van der Waals surface area contributed by atoms with Crippen molar-refractivity contribution >= 4 is 0 Å². The summed E-state index contributed by atoms with van der Waals surface area (Å²) in [6.07, 6.45) is 6.88. The molecule has 0 heterocycles. The van der Waals surface area contributed by atoms with Crippen molar-refractivity contribution in [2.45, 2.75) is 58.5 Å². The summed E-state index contributed by atoms with van der Waals surface area (Å²) in [6, 6.07) is 10.5. The van der Waals surface area contributed by atoms with Gasteiger partial charge in [0, 0.05) is 0 Å². The Balaban J connectivity index is 1.74. The van der Waals surface area contributed by atoms with Crippen LogP contribution in [-0.4, -0.2) is 11.2 Å². The van der Waals surface area contributed by atoms with Gasteiger partial charge < -0.3 is 5.11 Å². The van der Waals surface area contributed by atoms with Crippen molar-refractivity contribution in [3.63, 3.8) is 0 Å². The molecule has 0 aromatic heterocycles. The van der Waals surface area contributed by atoms with E-state index in [0.717, 1.165) is 24.7 Å². The average Bonchev–Trinajstić information content (AvgIpc) is 2.46. The van der Waals surface area contributed by atoms with Crippen molar-refractivity contribution in [3.05, 3.63) is 35.9 Å². The van der Waals surface area contributed by atoms with Crippen LogP contribution in [0.4, 0.5) is 0 Å². The predicted molar refractivity (Wildman–Crippen MR) is 81.1 cm³/mol. The van der Waals surface area contributed by atoms with Crippen molar-refractivity contribution in [3.8, 4) is 0 Å². The number of benzene rings is 1. The first kappa shape index (κ1) is 14.6. The number of hydrogen-bond donors (Lipinski definition) is 1. The standard InChI is InChI=1S/C18H28O/c1-14(2)16-9-11-17(12-10-16)18(19)13-8-15-6-4-3-5-7-15/h3-7,14,16-19H,8-13H2,1-2H3. The summed E-state index contributed by atoms with van der Waals surface area (Å²) >= 11 is 0. The van der Waals surface area contributed by atoms with Gasteiger partial charge in [-0.25, -0.2) is 0 Å². The van der Waals surface area contributed by atoms with Crippen LogP contribution in [-0.2, 0) is 6.42 Å². The second-order valence-electron chi connectivity index (χ2n) is 6.51. The summed E-state index contributed by atoms with van der Waals surface area (Å²) in [4.78, 5) is 0. The summed E-state index contributed by atoms with van der Waals surface area (Å²) in [7, 11) is 0. The van der Waals surface area contributed by atoms with Gasteiger partial charge in [0.2, 0.25) is 0 Å². The molecule has 1 unspecified atom stereocenters. The zero-order valence-electron chi connectivity index (χ0n) is 12.4. The molecule has 1 aromatic carbocycles. The molecule has 0 saturated heterocycles. The predicted octanol–water partition coefficient (Wildman–Crippen LogP) is 4.44. The van der Waals surface area contributed by atoms with Crippen molar-refractivity contribution in [2.75, 3.05) is 0 Å². The Labute approximate surface area is 118 Å². The highest BCUT2D eigenvalue weighted by Crippen LogP contribution is 2.35. The molecule has 1 aliphatic rings. The molecule has 106 valence electrons. The van der Waals surface area contributed by atoms with Gasteiger partial charge in [0.1, 0.15) is 0 Å². The zero-order valence-corrected chi connectivity index (χ0v) is 12.4. The van der Waals surface area contributed by atoms with Crippen LogP contribution < -0.4 is 0 Å². The molecule has 1 heteroatoms. The Bertz CT molecular complexity index is 349. The Morgan fingerprint density at radius 3 is 2.16 bits per heavy atom. The van der Waals surface area contributed by atoms with Gasteiger partial charge in [-0.05, 0) is 61.8 Å². The number of aliphatic hydroxyl groups is 1. The van der Waals surface area contributed by atoms with Gasteiger partial charge in [-0.15, -0.1) is 0 Å². The SMILES string of the molecule is CC(C)C1CCC(C(O)CCc2ccccc2)CC1. The van der Waals surface area contributed by atoms with E-state index in [9.17, 15) is 5.11 Å². The summed E-state index contributed by atoms with van der Waals surface area (Å²) in [6.45, 7) is 4.66. The van der Waals surface area contributed by atoms with E-state index in [4.69, 9.17) is 0 Å². The molecule has 1 atom stereocenters. The van der Waals surface area contributed by atoms with Crippen molar-refractivity contribution in [1.82, 2.24) is 0 Å². The van der Waals surface area contributed by atoms with Crippen LogP contribution in [0.5, 0.6) is 0 Å². The fourth-order valence-corrected chi connectivity index (χ4v) is 3.39. The van der Waals surface area contributed by atoms with Gasteiger partial charge >= 0.3 is 0 Å². The van der Waals surface area contributed by atoms with Crippen LogP contribution >= 0.6 is 0 Å². The summed E-state index contributed by atoms with van der Waals surface area (Å²) < 4.78 is 0. The van der Waals surface area contributed by atoms with Gasteiger partial charge in [-0.1, -0.05) is 44.2 Å². The first-order valence-corrected chi connectivity index (χ1v) is 7.89. The normalized spacial score (nSPS) is 25.5. The summed E-state index contributed by atoms with van der Waals surface area (Å²) in [5, 5.41) is 10.4. The Kier molecular flexibility index (Phi) is 5.45. The average molecular weight is 260 g/mol. The van der Waals surface area contributed by atoms with E-state index in [0.29, 0.717) is 5.92 Å². The van der Waals surface area contributed by atoms with Crippen LogP contribution in [0.25, 0.3) is 0 Å². The van der Waals surface area contributed by atoms with E-state index < -0.39 is 0 Å². The van der Waals surface area contributed by atoms with Crippen LogP contribution in [0.2, 0.25) is 0 Å². The monoisotopic (exact) mass is 260 g/mol. The molecular formula is C18H28O. The lowest BCUT2D eigenvalue weighted by Crippen LogP contribution is -2.27. The molecule has 0 spiro atoms. The molecular weight excluding hydrogens is 232 g/mol. The summed E-state index contributed by atoms with van der Waals surface area (Å²) in [5.74, 6) is 2.23. The summed E-state index contributed by atoms with van der Waals surface area (Å²) in [5.41, 5.74) is 1.34. The third kappa shape index (κ3) is 4.35. The van der Waals surface area contributed by atoms with Gasteiger partial charge in [0.05, 0.1) is 6.10 Å². The van der Waals surface area contributed by atoms with Crippen molar-refractivity contribution < 1.29 is 5.11 Å². The Morgan fingerprint density at radius 1 is 1.00 bits per heavy atom. The number of aliphatic hydroxyl groups excluding tert-OH is 1. The van der Waals surface area contributed by atoms with E-state index in [1.165, 1.54) is 31.2 Å². The van der Waals surface area contributed by atoms with Gasteiger partial charge in [-0.3, -0.25) is 0 Å². The number of rotatable bonds is 5. The largest absolute Gasteiger partial charge is 0.393 e. The second kappa shape index (κ2) is 7.09. The fourth-order valence-electron chi connectivity index (χ4n) is 3.39. The maximum Gasteiger partial charge on any atom is 0.0571 e. The van der Waals surface area contributed by atoms with Gasteiger partial charge in [0.25, 0.3) is 0 Å². The van der Waals surface area contributed by atoms with Crippen molar-refractivity contribution in [2.24, 2.45) is 17.8 Å². The van der Waals surface area contributed by atoms with E-state index in [2.05, 4.69) is 38.1 Å². The number of hydrogen-bond acceptors (Lipinski definition) is 1. The second-order valence-corrected chi connectivity index (χ2v) is 6.51. The molecule has 0 amide bonds. The molecule has 1 fully saturated rings. The molecule has 1 nitrogen and oxygen atoms in total. The van der Waals surface area contributed by atoms with E-state index in [1.54, 1.807) is 0 Å². The van der Waals surface area contributed by atoms with E-state index in [1.807, 2.05) is 6.07 Å². The maximum absolute atomic E-state index is 10.4. The highest BCUT2D eigenvalue weighted by molar-refractivity contribution is 5.14. The van der Waals surface area contributed by atoms with Gasteiger partial charge in [0.15, 0.2) is 0 Å². The van der Waals surface area contributed by atoms with E-state index in [-0.39, 0.29) is 6.10 Å². The quantitative estimate of drug-likeness (QED) is 0.829. The van der Waals surface area contributed by atoms with Crippen LogP contribution in [0.1, 0.15) is 51.5 Å². The molecule has 0 radical (unpaired) electrons. The molecule has 1 saturated carbocycles. The highest BCUT2D eigenvalue weighted by Gasteiger charge is 2.27. The molecule has 1 aromatic rings. The third-order valence-corrected chi connectivity index (χ3v) is 4.88. The topological polar surface area (TPSA) is 20.2 Å². The lowest BCUT2D eigenvalue weighted by molar-refractivity contribution is 0.0611. The third-order valence-electron chi connectivity index (χ3n) is 4.88. The lowest BCUT2D eigenvalue weighted by Gasteiger charge is -2.33. The Morgan fingerprint density at radius 2 is 1.58 bits per heavy atom. The van der Waals surface area contributed by atoms with Crippen LogP contribution in [0.15, 0.2) is 30.3 Å². The zero-order chi connectivity index (χ0) is 13.7. The minimum absolute atomic E-state index is 0.103. The van der Waals surface area contributed by atoms with E-state index >= 15 is 0 Å². The Hall–Kier alpha value is -0.820. The first-order valence-electron chi connectivity index (χ1n) is 7.89. The maximum atomic E-state index is 10.4. The molecule has 1 N–H and O–H groups in total. The minimum Gasteiger partial charge on any atom is -0.393 e. The number of aryl methyl sites for hydroxylation is 1. The van der Waals surface area contributed by atoms with Crippen molar-refractivity contribution in [1.29, 1.82) is 0 Å². The molecule has 0 aliphatic heterocycles. The van der Waals surface area contributed by atoms with Crippen LogP contribution in [0.3, 0.4) is 0 Å². The van der Waals surface area contributed by atoms with Crippen LogP contribution in [0, 0.1) is 17.8 Å². The van der Waals surface area contributed by atoms with Gasteiger partial charge in [-0.2, -0.15) is 0 Å². The molecule has 0 bridgehead atoms. The highest BCUT2D eigenvalue weighted by atomic mass is 16.3.